The van der Waals surface area contributed by atoms with E-state index in [1.165, 1.54) is 6.08 Å². The number of aromatic nitrogens is 4. The summed E-state index contributed by atoms with van der Waals surface area (Å²) in [6, 6.07) is 16.0. The molecule has 188 valence electrons. The number of benzene rings is 2. The fraction of sp³-hybridized carbons (Fsp3) is 0.133. The minimum Gasteiger partial charge on any atom is -0.456 e. The molecule has 1 amide bonds. The number of hydrogen-bond donors (Lipinski definition) is 2. The van der Waals surface area contributed by atoms with E-state index >= 15 is 0 Å². The molecule has 0 aliphatic carbocycles. The smallest absolute Gasteiger partial charge is 0.247 e. The largest absolute Gasteiger partial charge is 0.456 e. The lowest BCUT2D eigenvalue weighted by molar-refractivity contribution is -0.111. The second-order valence-electron chi connectivity index (χ2n) is 9.27. The van der Waals surface area contributed by atoms with Crippen molar-refractivity contribution < 1.29 is 9.53 Å². The van der Waals surface area contributed by atoms with Crippen molar-refractivity contribution in [3.05, 3.63) is 91.0 Å². The lowest BCUT2D eigenvalue weighted by Crippen LogP contribution is -2.10. The number of nitrogens with one attached hydrogen (secondary N) is 2. The molecule has 0 saturated carbocycles. The summed E-state index contributed by atoms with van der Waals surface area (Å²) in [5.41, 5.74) is 7.94. The first kappa shape index (κ1) is 23.4. The summed E-state index contributed by atoms with van der Waals surface area (Å²) in [7, 11) is 2.02. The molecule has 4 heterocycles. The van der Waals surface area contributed by atoms with Crippen LogP contribution in [0.25, 0.3) is 33.4 Å². The fourth-order valence-electron chi connectivity index (χ4n) is 5.01. The molecule has 38 heavy (non-hydrogen) atoms. The van der Waals surface area contributed by atoms with E-state index in [9.17, 15) is 4.79 Å². The molecular formula is C30H26N6O2. The molecule has 1 aliphatic rings. The zero-order chi connectivity index (χ0) is 26.2. The Labute approximate surface area is 220 Å². The van der Waals surface area contributed by atoms with Crippen molar-refractivity contribution in [1.82, 2.24) is 19.5 Å². The third-order valence-electron chi connectivity index (χ3n) is 6.70. The van der Waals surface area contributed by atoms with Crippen molar-refractivity contribution in [1.29, 1.82) is 0 Å². The molecular weight excluding hydrogens is 476 g/mol. The van der Waals surface area contributed by atoms with Gasteiger partial charge in [0.15, 0.2) is 0 Å². The van der Waals surface area contributed by atoms with Gasteiger partial charge in [-0.05, 0) is 72.0 Å². The molecule has 0 unspecified atom stereocenters. The third kappa shape index (κ3) is 4.16. The van der Waals surface area contributed by atoms with E-state index in [2.05, 4.69) is 48.9 Å². The number of anilines is 2. The Morgan fingerprint density at radius 2 is 1.95 bits per heavy atom. The van der Waals surface area contributed by atoms with Crippen LogP contribution in [-0.2, 0) is 18.3 Å². The van der Waals surface area contributed by atoms with Crippen LogP contribution in [0.1, 0.15) is 11.1 Å². The molecule has 0 atom stereocenters. The molecule has 1 aliphatic heterocycles. The van der Waals surface area contributed by atoms with Crippen LogP contribution < -0.4 is 15.4 Å². The summed E-state index contributed by atoms with van der Waals surface area (Å²) in [5.74, 6) is 2.04. The number of aryl methyl sites for hydroxylation is 2. The highest BCUT2D eigenvalue weighted by molar-refractivity contribution is 6.09. The number of nitrogens with zero attached hydrogens (tertiary/aromatic N) is 4. The summed E-state index contributed by atoms with van der Waals surface area (Å²) >= 11 is 0. The lowest BCUT2D eigenvalue weighted by Gasteiger charge is -2.18. The summed E-state index contributed by atoms with van der Waals surface area (Å²) in [5, 5.41) is 7.29. The molecule has 0 spiro atoms. The van der Waals surface area contributed by atoms with E-state index in [1.807, 2.05) is 50.4 Å². The Hall–Kier alpha value is -4.98. The first-order valence-electron chi connectivity index (χ1n) is 12.4. The average Bonchev–Trinajstić information content (AvgIpc) is 3.21. The molecule has 2 N–H and O–H groups in total. The normalized spacial score (nSPS) is 12.2. The summed E-state index contributed by atoms with van der Waals surface area (Å²) in [6.45, 7) is 6.25. The quantitative estimate of drug-likeness (QED) is 0.291. The number of amides is 1. The van der Waals surface area contributed by atoms with Crippen molar-refractivity contribution in [2.75, 3.05) is 17.2 Å². The van der Waals surface area contributed by atoms with Gasteiger partial charge in [-0.1, -0.05) is 24.8 Å². The van der Waals surface area contributed by atoms with Gasteiger partial charge in [-0.25, -0.2) is 9.97 Å². The molecule has 0 saturated heterocycles. The number of carbonyl (C=O) groups is 1. The second kappa shape index (κ2) is 9.48. The van der Waals surface area contributed by atoms with Gasteiger partial charge in [-0.2, -0.15) is 0 Å². The zero-order valence-electron chi connectivity index (χ0n) is 21.2. The SMILES string of the molecule is C=CC(=O)Nc1ccc(-c2c3c4c(ncnc4n2C)NCCc2cc(Oc4cncc(C)c4)ccc2-3)cc1. The second-order valence-corrected chi connectivity index (χ2v) is 9.27. The molecule has 6 rings (SSSR count). The van der Waals surface area contributed by atoms with E-state index < -0.39 is 0 Å². The zero-order valence-corrected chi connectivity index (χ0v) is 21.2. The van der Waals surface area contributed by atoms with E-state index in [-0.39, 0.29) is 5.91 Å². The summed E-state index contributed by atoms with van der Waals surface area (Å²) < 4.78 is 8.26. The number of pyridine rings is 1. The maximum atomic E-state index is 11.8. The molecule has 8 heteroatoms. The number of ether oxygens (including phenoxy) is 1. The van der Waals surface area contributed by atoms with E-state index in [4.69, 9.17) is 4.74 Å². The summed E-state index contributed by atoms with van der Waals surface area (Å²) in [6.07, 6.45) is 7.18. The fourth-order valence-corrected chi connectivity index (χ4v) is 5.01. The lowest BCUT2D eigenvalue weighted by atomic mass is 9.92. The van der Waals surface area contributed by atoms with Gasteiger partial charge in [-0.3, -0.25) is 9.78 Å². The minimum atomic E-state index is -0.246. The Morgan fingerprint density at radius 1 is 1.11 bits per heavy atom. The predicted molar refractivity (Wildman–Crippen MR) is 149 cm³/mol. The summed E-state index contributed by atoms with van der Waals surface area (Å²) in [4.78, 5) is 25.2. The standard InChI is InChI=1S/C30H26N6O2/c1-4-25(37)35-21-7-5-19(6-8-21)28-26-24-10-9-22(38-23-13-18(2)15-31-16-23)14-20(24)11-12-32-29-27(26)30(36(28)3)34-17-33-29/h4-10,13-17H,1,11-12H2,2-3H3,(H,35,37)(H,32,33,34). The number of hydrogen-bond acceptors (Lipinski definition) is 6. The molecule has 2 aromatic carbocycles. The van der Waals surface area contributed by atoms with Gasteiger partial charge in [0.05, 0.1) is 17.3 Å². The Balaban J connectivity index is 1.50. The maximum Gasteiger partial charge on any atom is 0.247 e. The van der Waals surface area contributed by atoms with E-state index in [0.29, 0.717) is 11.4 Å². The monoisotopic (exact) mass is 502 g/mol. The van der Waals surface area contributed by atoms with Gasteiger partial charge < -0.3 is 19.9 Å². The van der Waals surface area contributed by atoms with Crippen molar-refractivity contribution in [3.8, 4) is 33.9 Å². The van der Waals surface area contributed by atoms with Crippen molar-refractivity contribution in [2.24, 2.45) is 7.05 Å². The molecule has 0 bridgehead atoms. The number of rotatable bonds is 5. The highest BCUT2D eigenvalue weighted by atomic mass is 16.5. The first-order chi connectivity index (χ1) is 18.5. The Bertz CT molecular complexity index is 1700. The van der Waals surface area contributed by atoms with E-state index in [1.54, 1.807) is 18.7 Å². The highest BCUT2D eigenvalue weighted by Crippen LogP contribution is 2.45. The van der Waals surface area contributed by atoms with Gasteiger partial charge in [0.1, 0.15) is 29.3 Å². The van der Waals surface area contributed by atoms with Crippen LogP contribution in [0.2, 0.25) is 0 Å². The topological polar surface area (TPSA) is 94.0 Å². The molecule has 0 fully saturated rings. The van der Waals surface area contributed by atoms with Gasteiger partial charge in [-0.15, -0.1) is 0 Å². The highest BCUT2D eigenvalue weighted by Gasteiger charge is 2.25. The van der Waals surface area contributed by atoms with Crippen molar-refractivity contribution in [3.63, 3.8) is 0 Å². The van der Waals surface area contributed by atoms with Gasteiger partial charge >= 0.3 is 0 Å². The van der Waals surface area contributed by atoms with Crippen LogP contribution in [-0.4, -0.2) is 32.0 Å². The predicted octanol–water partition coefficient (Wildman–Crippen LogP) is 5.89. The average molecular weight is 503 g/mol. The van der Waals surface area contributed by atoms with Crippen LogP contribution in [0.15, 0.2) is 79.9 Å². The first-order valence-corrected chi connectivity index (χ1v) is 12.4. The van der Waals surface area contributed by atoms with Crippen LogP contribution in [0.5, 0.6) is 11.5 Å². The molecule has 8 nitrogen and oxygen atoms in total. The van der Waals surface area contributed by atoms with Crippen LogP contribution in [0, 0.1) is 6.92 Å². The number of carbonyl (C=O) groups excluding carboxylic acids is 1. The minimum absolute atomic E-state index is 0.246. The molecule has 5 aromatic rings. The van der Waals surface area contributed by atoms with Crippen LogP contribution in [0.3, 0.4) is 0 Å². The number of fused-ring (bicyclic) bond motifs is 2. The third-order valence-corrected chi connectivity index (χ3v) is 6.70. The Kier molecular flexibility index (Phi) is 5.84. The van der Waals surface area contributed by atoms with Crippen LogP contribution >= 0.6 is 0 Å². The van der Waals surface area contributed by atoms with Crippen molar-refractivity contribution >= 4 is 28.4 Å². The van der Waals surface area contributed by atoms with Crippen LogP contribution in [0.4, 0.5) is 11.5 Å². The maximum absolute atomic E-state index is 11.8. The molecule has 0 radical (unpaired) electrons. The molecule has 3 aromatic heterocycles. The van der Waals surface area contributed by atoms with Gasteiger partial charge in [0, 0.05) is 31.0 Å². The van der Waals surface area contributed by atoms with E-state index in [0.717, 1.165) is 69.1 Å². The van der Waals surface area contributed by atoms with Gasteiger partial charge in [0.25, 0.3) is 0 Å². The van der Waals surface area contributed by atoms with Gasteiger partial charge in [0.2, 0.25) is 5.91 Å². The Morgan fingerprint density at radius 3 is 2.74 bits per heavy atom. The van der Waals surface area contributed by atoms with Crippen molar-refractivity contribution in [2.45, 2.75) is 13.3 Å².